The third-order valence-electron chi connectivity index (χ3n) is 2.64. The van der Waals surface area contributed by atoms with Crippen LogP contribution in [-0.2, 0) is 0 Å². The molecular formula is C14H9Cl2N3O. The number of nitrogens with zero attached hydrogens (tertiary/aromatic N) is 2. The van der Waals surface area contributed by atoms with Crippen molar-refractivity contribution in [3.05, 3.63) is 58.6 Å². The molecule has 0 fully saturated rings. The van der Waals surface area contributed by atoms with Gasteiger partial charge < -0.3 is 9.84 Å². The van der Waals surface area contributed by atoms with Crippen LogP contribution in [0.2, 0.25) is 10.0 Å². The number of nitrogens with one attached hydrogen (secondary N) is 1. The van der Waals surface area contributed by atoms with Crippen molar-refractivity contribution in [3.8, 4) is 11.4 Å². The minimum absolute atomic E-state index is 0.280. The van der Waals surface area contributed by atoms with E-state index in [0.29, 0.717) is 21.4 Å². The van der Waals surface area contributed by atoms with Gasteiger partial charge in [0.1, 0.15) is 0 Å². The number of hydrogen-bond donors (Lipinski definition) is 1. The van der Waals surface area contributed by atoms with Crippen molar-refractivity contribution in [1.29, 1.82) is 0 Å². The van der Waals surface area contributed by atoms with E-state index in [9.17, 15) is 0 Å². The van der Waals surface area contributed by atoms with Crippen LogP contribution in [0.1, 0.15) is 0 Å². The predicted molar refractivity (Wildman–Crippen MR) is 79.5 cm³/mol. The van der Waals surface area contributed by atoms with E-state index in [4.69, 9.17) is 27.7 Å². The number of halogens is 2. The zero-order chi connectivity index (χ0) is 13.9. The molecule has 1 heterocycles. The molecule has 1 aromatic heterocycles. The van der Waals surface area contributed by atoms with Crippen molar-refractivity contribution < 1.29 is 4.52 Å². The summed E-state index contributed by atoms with van der Waals surface area (Å²) in [5.74, 6) is 0.346. The molecule has 1 N–H and O–H groups in total. The van der Waals surface area contributed by atoms with Gasteiger partial charge >= 0.3 is 6.01 Å². The fourth-order valence-corrected chi connectivity index (χ4v) is 2.30. The van der Waals surface area contributed by atoms with E-state index in [2.05, 4.69) is 15.5 Å². The van der Waals surface area contributed by atoms with Crippen molar-refractivity contribution in [2.24, 2.45) is 0 Å². The van der Waals surface area contributed by atoms with Gasteiger partial charge in [-0.1, -0.05) is 52.6 Å². The molecule has 0 atom stereocenters. The van der Waals surface area contributed by atoms with Crippen molar-refractivity contribution in [1.82, 2.24) is 10.1 Å². The zero-order valence-corrected chi connectivity index (χ0v) is 11.7. The number of aromatic nitrogens is 2. The molecule has 20 heavy (non-hydrogen) atoms. The number of rotatable bonds is 3. The third kappa shape index (κ3) is 2.61. The van der Waals surface area contributed by atoms with E-state index in [1.807, 2.05) is 30.3 Å². The van der Waals surface area contributed by atoms with Crippen LogP contribution in [0.3, 0.4) is 0 Å². The number of anilines is 2. The van der Waals surface area contributed by atoms with Gasteiger partial charge in [0, 0.05) is 5.69 Å². The van der Waals surface area contributed by atoms with Crippen LogP contribution in [-0.4, -0.2) is 10.1 Å². The first-order valence-electron chi connectivity index (χ1n) is 5.84. The first-order chi connectivity index (χ1) is 9.74. The molecule has 3 aromatic rings. The lowest BCUT2D eigenvalue weighted by Crippen LogP contribution is -1.90. The normalized spacial score (nSPS) is 10.5. The quantitative estimate of drug-likeness (QED) is 0.756. The van der Waals surface area contributed by atoms with E-state index in [1.54, 1.807) is 18.2 Å². The summed E-state index contributed by atoms with van der Waals surface area (Å²) in [6.07, 6.45) is 0. The fraction of sp³-hybridized carbons (Fsp3) is 0. The maximum absolute atomic E-state index is 6.11. The Morgan fingerprint density at radius 1 is 0.900 bits per heavy atom. The monoisotopic (exact) mass is 305 g/mol. The minimum atomic E-state index is 0.280. The van der Waals surface area contributed by atoms with Gasteiger partial charge in [0.2, 0.25) is 5.82 Å². The molecular weight excluding hydrogens is 297 g/mol. The molecule has 0 bridgehead atoms. The van der Waals surface area contributed by atoms with Crippen molar-refractivity contribution in [3.63, 3.8) is 0 Å². The van der Waals surface area contributed by atoms with Crippen LogP contribution in [0.5, 0.6) is 0 Å². The van der Waals surface area contributed by atoms with Crippen LogP contribution >= 0.6 is 23.2 Å². The Labute approximate surface area is 125 Å². The molecule has 6 heteroatoms. The lowest BCUT2D eigenvalue weighted by atomic mass is 10.2. The summed E-state index contributed by atoms with van der Waals surface area (Å²) in [4.78, 5) is 4.24. The molecule has 0 radical (unpaired) electrons. The Bertz CT molecular complexity index is 708. The van der Waals surface area contributed by atoms with Gasteiger partial charge in [-0.05, 0) is 24.3 Å². The van der Waals surface area contributed by atoms with E-state index in [-0.39, 0.29) is 6.01 Å². The van der Waals surface area contributed by atoms with Crippen LogP contribution < -0.4 is 5.32 Å². The van der Waals surface area contributed by atoms with Gasteiger partial charge in [-0.15, -0.1) is 0 Å². The second-order valence-electron chi connectivity index (χ2n) is 4.01. The average molecular weight is 306 g/mol. The van der Waals surface area contributed by atoms with Gasteiger partial charge in [-0.25, -0.2) is 0 Å². The van der Waals surface area contributed by atoms with Gasteiger partial charge in [-0.3, -0.25) is 0 Å². The highest BCUT2D eigenvalue weighted by atomic mass is 35.5. The molecule has 0 aliphatic heterocycles. The summed E-state index contributed by atoms with van der Waals surface area (Å²) in [5.41, 5.74) is 1.41. The summed E-state index contributed by atoms with van der Waals surface area (Å²) < 4.78 is 5.14. The SMILES string of the molecule is Clc1cccc(Cl)c1-c1noc(Nc2ccccc2)n1. The summed E-state index contributed by atoms with van der Waals surface area (Å²) in [5, 5.41) is 7.85. The van der Waals surface area contributed by atoms with E-state index in [1.165, 1.54) is 0 Å². The molecule has 100 valence electrons. The van der Waals surface area contributed by atoms with Crippen molar-refractivity contribution >= 4 is 34.9 Å². The van der Waals surface area contributed by atoms with Gasteiger partial charge in [-0.2, -0.15) is 4.98 Å². The van der Waals surface area contributed by atoms with E-state index >= 15 is 0 Å². The standard InChI is InChI=1S/C14H9Cl2N3O/c15-10-7-4-8-11(16)12(10)13-18-14(20-19-13)17-9-5-2-1-3-6-9/h1-8H,(H,17,18,19). The summed E-state index contributed by atoms with van der Waals surface area (Å²) in [6, 6.07) is 15.0. The topological polar surface area (TPSA) is 51.0 Å². The lowest BCUT2D eigenvalue weighted by molar-refractivity contribution is 0.435. The molecule has 0 saturated carbocycles. The molecule has 4 nitrogen and oxygen atoms in total. The Balaban J connectivity index is 1.91. The second-order valence-corrected chi connectivity index (χ2v) is 4.83. The van der Waals surface area contributed by atoms with E-state index < -0.39 is 0 Å². The van der Waals surface area contributed by atoms with Crippen LogP contribution in [0.4, 0.5) is 11.7 Å². The predicted octanol–water partition coefficient (Wildman–Crippen LogP) is 4.79. The Kier molecular flexibility index (Phi) is 3.58. The molecule has 0 spiro atoms. The molecule has 0 amide bonds. The Morgan fingerprint density at radius 2 is 1.60 bits per heavy atom. The lowest BCUT2D eigenvalue weighted by Gasteiger charge is -2.01. The number of para-hydroxylation sites is 1. The van der Waals surface area contributed by atoms with Gasteiger partial charge in [0.05, 0.1) is 15.6 Å². The molecule has 0 saturated heterocycles. The molecule has 0 unspecified atom stereocenters. The number of hydrogen-bond acceptors (Lipinski definition) is 4. The maximum atomic E-state index is 6.11. The Morgan fingerprint density at radius 3 is 2.30 bits per heavy atom. The van der Waals surface area contributed by atoms with Crippen molar-refractivity contribution in [2.75, 3.05) is 5.32 Å². The van der Waals surface area contributed by atoms with Crippen molar-refractivity contribution in [2.45, 2.75) is 0 Å². The van der Waals surface area contributed by atoms with Gasteiger partial charge in [0.15, 0.2) is 0 Å². The van der Waals surface area contributed by atoms with Crippen LogP contribution in [0, 0.1) is 0 Å². The summed E-state index contributed by atoms with van der Waals surface area (Å²) in [6.45, 7) is 0. The third-order valence-corrected chi connectivity index (χ3v) is 3.27. The highest BCUT2D eigenvalue weighted by Gasteiger charge is 2.15. The summed E-state index contributed by atoms with van der Waals surface area (Å²) in [7, 11) is 0. The molecule has 2 aromatic carbocycles. The highest BCUT2D eigenvalue weighted by molar-refractivity contribution is 6.38. The fourth-order valence-electron chi connectivity index (χ4n) is 1.73. The summed E-state index contributed by atoms with van der Waals surface area (Å²) >= 11 is 12.2. The highest BCUT2D eigenvalue weighted by Crippen LogP contribution is 2.33. The molecule has 0 aliphatic rings. The average Bonchev–Trinajstić information content (AvgIpc) is 2.88. The van der Waals surface area contributed by atoms with E-state index in [0.717, 1.165) is 5.69 Å². The smallest absolute Gasteiger partial charge is 0.315 e. The zero-order valence-electron chi connectivity index (χ0n) is 10.2. The Hall–Kier alpha value is -2.04. The van der Waals surface area contributed by atoms with Crippen LogP contribution in [0.15, 0.2) is 53.1 Å². The van der Waals surface area contributed by atoms with Gasteiger partial charge in [0.25, 0.3) is 0 Å². The number of benzene rings is 2. The minimum Gasteiger partial charge on any atom is -0.315 e. The molecule has 3 rings (SSSR count). The first kappa shape index (κ1) is 13.0. The maximum Gasteiger partial charge on any atom is 0.326 e. The largest absolute Gasteiger partial charge is 0.326 e. The second kappa shape index (κ2) is 5.53. The molecule has 0 aliphatic carbocycles. The van der Waals surface area contributed by atoms with Crippen LogP contribution in [0.25, 0.3) is 11.4 Å². The first-order valence-corrected chi connectivity index (χ1v) is 6.60.